The van der Waals surface area contributed by atoms with Gasteiger partial charge in [-0.05, 0) is 22.6 Å². The lowest BCUT2D eigenvalue weighted by Gasteiger charge is -2.08. The van der Waals surface area contributed by atoms with Gasteiger partial charge in [-0.2, -0.15) is 33.7 Å². The number of hydrogen-bond acceptors (Lipinski definition) is 6. The number of rotatable bonds is 13. The molecule has 0 aliphatic heterocycles. The lowest BCUT2D eigenvalue weighted by Crippen LogP contribution is -2.06. The molecule has 0 radical (unpaired) electrons. The molecule has 0 atom stereocenters. The summed E-state index contributed by atoms with van der Waals surface area (Å²) >= 11 is 3.44. The molecule has 0 aromatic heterocycles. The van der Waals surface area contributed by atoms with E-state index < -0.39 is 0 Å². The smallest absolute Gasteiger partial charge is 0.0711 e. The lowest BCUT2D eigenvalue weighted by atomic mass is 10.1. The van der Waals surface area contributed by atoms with Gasteiger partial charge >= 0.3 is 0 Å². The molecule has 0 spiro atoms. The van der Waals surface area contributed by atoms with E-state index in [2.05, 4.69) is 34.5 Å². The summed E-state index contributed by atoms with van der Waals surface area (Å²) in [6, 6.07) is 20.3. The quantitative estimate of drug-likeness (QED) is 0.293. The SMILES string of the molecule is OCCSCC/C(=N/N=C(\CCSCCO)c1ccccc1)c1ccccc1. The van der Waals surface area contributed by atoms with E-state index >= 15 is 0 Å². The molecule has 0 amide bonds. The van der Waals surface area contributed by atoms with E-state index in [1.54, 1.807) is 23.5 Å². The Morgan fingerprint density at radius 3 is 1.36 bits per heavy atom. The first-order valence-electron chi connectivity index (χ1n) is 9.46. The van der Waals surface area contributed by atoms with Crippen molar-refractivity contribution in [3.63, 3.8) is 0 Å². The molecule has 0 unspecified atom stereocenters. The zero-order valence-corrected chi connectivity index (χ0v) is 17.7. The van der Waals surface area contributed by atoms with Crippen molar-refractivity contribution >= 4 is 34.9 Å². The van der Waals surface area contributed by atoms with Crippen LogP contribution in [0.4, 0.5) is 0 Å². The summed E-state index contributed by atoms with van der Waals surface area (Å²) in [5.74, 6) is 3.28. The number of nitrogens with zero attached hydrogens (tertiary/aromatic N) is 2. The molecule has 4 nitrogen and oxygen atoms in total. The molecule has 2 N–H and O–H groups in total. The van der Waals surface area contributed by atoms with Crippen LogP contribution in [0.3, 0.4) is 0 Å². The third-order valence-electron chi connectivity index (χ3n) is 3.94. The maximum atomic E-state index is 8.98. The summed E-state index contributed by atoms with van der Waals surface area (Å²) in [5, 5.41) is 27.2. The first-order chi connectivity index (χ1) is 13.8. The average Bonchev–Trinajstić information content (AvgIpc) is 2.75. The van der Waals surface area contributed by atoms with Crippen LogP contribution in [0.2, 0.25) is 0 Å². The molecule has 0 saturated carbocycles. The van der Waals surface area contributed by atoms with Gasteiger partial charge in [-0.15, -0.1) is 0 Å². The Hall–Kier alpha value is -1.60. The Morgan fingerprint density at radius 2 is 1.00 bits per heavy atom. The fraction of sp³-hybridized carbons (Fsp3) is 0.364. The Balaban J connectivity index is 2.20. The largest absolute Gasteiger partial charge is 0.396 e. The molecule has 0 saturated heterocycles. The van der Waals surface area contributed by atoms with Crippen molar-refractivity contribution in [2.75, 3.05) is 36.2 Å². The van der Waals surface area contributed by atoms with Crippen LogP contribution in [0.5, 0.6) is 0 Å². The van der Waals surface area contributed by atoms with E-state index in [9.17, 15) is 0 Å². The maximum absolute atomic E-state index is 8.98. The first-order valence-corrected chi connectivity index (χ1v) is 11.8. The minimum Gasteiger partial charge on any atom is -0.396 e. The zero-order chi connectivity index (χ0) is 19.9. The van der Waals surface area contributed by atoms with Crippen LogP contribution < -0.4 is 0 Å². The van der Waals surface area contributed by atoms with Crippen molar-refractivity contribution in [1.82, 2.24) is 0 Å². The molecule has 2 rings (SSSR count). The minimum atomic E-state index is 0.199. The van der Waals surface area contributed by atoms with Crippen molar-refractivity contribution in [1.29, 1.82) is 0 Å². The zero-order valence-electron chi connectivity index (χ0n) is 16.0. The standard InChI is InChI=1S/C22H28N2O2S2/c25-13-17-27-15-11-21(19-7-3-1-4-8-19)23-24-22(12-16-28-18-14-26)20-9-5-2-6-10-20/h1-10,25-26H,11-18H2/b23-21-,24-22+. The minimum absolute atomic E-state index is 0.199. The second-order valence-corrected chi connectivity index (χ2v) is 8.45. The molecule has 0 heterocycles. The van der Waals surface area contributed by atoms with Gasteiger partial charge in [0.2, 0.25) is 0 Å². The lowest BCUT2D eigenvalue weighted by molar-refractivity contribution is 0.322. The molecule has 6 heteroatoms. The normalized spacial score (nSPS) is 12.4. The highest BCUT2D eigenvalue weighted by atomic mass is 32.2. The van der Waals surface area contributed by atoms with Crippen LogP contribution >= 0.6 is 23.5 Å². The summed E-state index contributed by atoms with van der Waals surface area (Å²) < 4.78 is 0. The predicted octanol–water partition coefficient (Wildman–Crippen LogP) is 4.11. The molecule has 2 aromatic rings. The average molecular weight is 417 g/mol. The highest BCUT2D eigenvalue weighted by Gasteiger charge is 2.07. The van der Waals surface area contributed by atoms with E-state index in [0.29, 0.717) is 0 Å². The van der Waals surface area contributed by atoms with Crippen molar-refractivity contribution < 1.29 is 10.2 Å². The summed E-state index contributed by atoms with van der Waals surface area (Å²) in [4.78, 5) is 0. The first kappa shape index (κ1) is 22.7. The Labute approximate surface area is 176 Å². The maximum Gasteiger partial charge on any atom is 0.0711 e. The summed E-state index contributed by atoms with van der Waals surface area (Å²) in [7, 11) is 0. The second-order valence-electron chi connectivity index (χ2n) is 6.00. The van der Waals surface area contributed by atoms with Gasteiger partial charge in [0.05, 0.1) is 24.6 Å². The highest BCUT2D eigenvalue weighted by Crippen LogP contribution is 2.13. The number of hydrogen-bond donors (Lipinski definition) is 2. The highest BCUT2D eigenvalue weighted by molar-refractivity contribution is 7.99. The van der Waals surface area contributed by atoms with Gasteiger partial charge in [0.1, 0.15) is 0 Å². The molecule has 0 aliphatic rings. The van der Waals surface area contributed by atoms with Crippen LogP contribution in [-0.2, 0) is 0 Å². The molecule has 28 heavy (non-hydrogen) atoms. The van der Waals surface area contributed by atoms with Crippen LogP contribution in [0.15, 0.2) is 70.9 Å². The van der Waals surface area contributed by atoms with Crippen molar-refractivity contribution in [2.45, 2.75) is 12.8 Å². The fourth-order valence-electron chi connectivity index (χ4n) is 2.56. The topological polar surface area (TPSA) is 65.2 Å². The molecule has 0 fully saturated rings. The van der Waals surface area contributed by atoms with Gasteiger partial charge < -0.3 is 10.2 Å². The third kappa shape index (κ3) is 8.61. The molecular formula is C22H28N2O2S2. The molecule has 0 bridgehead atoms. The molecule has 2 aromatic carbocycles. The van der Waals surface area contributed by atoms with E-state index in [1.165, 1.54) is 0 Å². The van der Waals surface area contributed by atoms with Crippen molar-refractivity contribution in [3.05, 3.63) is 71.8 Å². The Kier molecular flexibility index (Phi) is 11.7. The van der Waals surface area contributed by atoms with E-state index in [-0.39, 0.29) is 13.2 Å². The number of aliphatic hydroxyl groups is 2. The van der Waals surface area contributed by atoms with Crippen LogP contribution in [0.25, 0.3) is 0 Å². The number of benzene rings is 2. The van der Waals surface area contributed by atoms with Crippen LogP contribution in [-0.4, -0.2) is 57.9 Å². The molecule has 150 valence electrons. The Morgan fingerprint density at radius 1 is 0.607 bits per heavy atom. The van der Waals surface area contributed by atoms with Crippen molar-refractivity contribution in [3.8, 4) is 0 Å². The molecular weight excluding hydrogens is 388 g/mol. The van der Waals surface area contributed by atoms with E-state index in [0.717, 1.165) is 58.4 Å². The number of thioether (sulfide) groups is 2. The van der Waals surface area contributed by atoms with Gasteiger partial charge in [0.25, 0.3) is 0 Å². The van der Waals surface area contributed by atoms with Crippen molar-refractivity contribution in [2.24, 2.45) is 10.2 Å². The van der Waals surface area contributed by atoms with E-state index in [4.69, 9.17) is 10.2 Å². The molecule has 0 aliphatic carbocycles. The van der Waals surface area contributed by atoms with Gasteiger partial charge in [0, 0.05) is 24.3 Å². The fourth-order valence-corrected chi connectivity index (χ4v) is 3.90. The summed E-state index contributed by atoms with van der Waals surface area (Å²) in [6.07, 6.45) is 1.61. The predicted molar refractivity (Wildman–Crippen MR) is 124 cm³/mol. The number of aliphatic hydroxyl groups excluding tert-OH is 2. The van der Waals surface area contributed by atoms with Gasteiger partial charge in [0.15, 0.2) is 0 Å². The van der Waals surface area contributed by atoms with Gasteiger partial charge in [-0.3, -0.25) is 0 Å². The van der Waals surface area contributed by atoms with Crippen LogP contribution in [0.1, 0.15) is 24.0 Å². The third-order valence-corrected chi connectivity index (χ3v) is 5.87. The Bertz CT molecular complexity index is 658. The summed E-state index contributed by atoms with van der Waals surface area (Å²) in [5.41, 5.74) is 4.08. The van der Waals surface area contributed by atoms with Crippen LogP contribution in [0, 0.1) is 0 Å². The second kappa shape index (κ2) is 14.4. The monoisotopic (exact) mass is 416 g/mol. The summed E-state index contributed by atoms with van der Waals surface area (Å²) in [6.45, 7) is 0.397. The van der Waals surface area contributed by atoms with Gasteiger partial charge in [-0.1, -0.05) is 60.7 Å². The van der Waals surface area contributed by atoms with E-state index in [1.807, 2.05) is 36.4 Å². The van der Waals surface area contributed by atoms with Gasteiger partial charge in [-0.25, -0.2) is 0 Å².